The van der Waals surface area contributed by atoms with Crippen molar-refractivity contribution in [1.82, 2.24) is 20.1 Å². The highest BCUT2D eigenvalue weighted by atomic mass is 32.2. The zero-order valence-corrected chi connectivity index (χ0v) is 20.9. The molecule has 1 aromatic carbocycles. The van der Waals surface area contributed by atoms with Crippen molar-refractivity contribution in [3.05, 3.63) is 41.2 Å². The number of aromatic nitrogens is 3. The van der Waals surface area contributed by atoms with Gasteiger partial charge in [-0.25, -0.2) is 0 Å². The van der Waals surface area contributed by atoms with Gasteiger partial charge in [-0.05, 0) is 80.4 Å². The van der Waals surface area contributed by atoms with Gasteiger partial charge in [-0.2, -0.15) is 13.2 Å². The number of thioether (sulfide) groups is 1. The number of alkyl halides is 3. The van der Waals surface area contributed by atoms with E-state index in [2.05, 4.69) is 27.0 Å². The predicted molar refractivity (Wildman–Crippen MR) is 128 cm³/mol. The lowest BCUT2D eigenvalue weighted by atomic mass is 9.49. The molecule has 1 N–H and O–H groups in total. The Labute approximate surface area is 208 Å². The van der Waals surface area contributed by atoms with Crippen molar-refractivity contribution < 1.29 is 18.0 Å². The fraction of sp³-hybridized carbons (Fsp3) is 0.654. The molecule has 1 amide bonds. The molecule has 4 bridgehead atoms. The van der Waals surface area contributed by atoms with Gasteiger partial charge >= 0.3 is 6.18 Å². The monoisotopic (exact) mass is 506 g/mol. The van der Waals surface area contributed by atoms with Crippen LogP contribution < -0.4 is 5.32 Å². The number of carbonyl (C=O) groups is 1. The lowest BCUT2D eigenvalue weighted by Gasteiger charge is -2.55. The Balaban J connectivity index is 1.23. The van der Waals surface area contributed by atoms with E-state index in [-0.39, 0.29) is 11.3 Å². The van der Waals surface area contributed by atoms with Crippen LogP contribution in [0.1, 0.15) is 75.2 Å². The molecule has 0 aliphatic heterocycles. The minimum Gasteiger partial charge on any atom is -0.348 e. The van der Waals surface area contributed by atoms with Gasteiger partial charge in [0.25, 0.3) is 0 Å². The number of nitrogens with one attached hydrogen (secondary N) is 1. The third-order valence-corrected chi connectivity index (χ3v) is 9.14. The van der Waals surface area contributed by atoms with Crippen LogP contribution in [0.15, 0.2) is 29.4 Å². The summed E-state index contributed by atoms with van der Waals surface area (Å²) in [6.07, 6.45) is 4.64. The number of amides is 1. The number of halogens is 3. The summed E-state index contributed by atoms with van der Waals surface area (Å²) in [7, 11) is 0. The maximum atomic E-state index is 13.4. The number of carbonyl (C=O) groups excluding carboxylic acids is 1. The second kappa shape index (κ2) is 9.79. The van der Waals surface area contributed by atoms with E-state index >= 15 is 0 Å². The molecule has 0 atom stereocenters. The van der Waals surface area contributed by atoms with Gasteiger partial charge in [-0.3, -0.25) is 4.79 Å². The van der Waals surface area contributed by atoms with E-state index in [1.165, 1.54) is 43.2 Å². The average Bonchev–Trinajstić information content (AvgIpc) is 3.20. The number of nitrogens with zero attached hydrogens (tertiary/aromatic N) is 3. The van der Waals surface area contributed by atoms with Crippen LogP contribution in [0, 0.1) is 23.2 Å². The molecule has 0 radical (unpaired) electrons. The van der Waals surface area contributed by atoms with E-state index in [9.17, 15) is 18.0 Å². The number of hydrogen-bond acceptors (Lipinski definition) is 4. The van der Waals surface area contributed by atoms with E-state index in [1.54, 1.807) is 0 Å². The first-order valence-corrected chi connectivity index (χ1v) is 13.7. The Hall–Kier alpha value is -2.03. The van der Waals surface area contributed by atoms with Gasteiger partial charge < -0.3 is 9.88 Å². The van der Waals surface area contributed by atoms with Crippen molar-refractivity contribution in [3.8, 4) is 0 Å². The Bertz CT molecular complexity index is 1010. The molecular formula is C26H33F3N4OS. The third-order valence-electron chi connectivity index (χ3n) is 8.10. The summed E-state index contributed by atoms with van der Waals surface area (Å²) in [5, 5.41) is 12.7. The highest BCUT2D eigenvalue weighted by Crippen LogP contribution is 2.60. The molecule has 0 spiro atoms. The number of benzene rings is 1. The molecule has 4 aliphatic carbocycles. The molecule has 190 valence electrons. The van der Waals surface area contributed by atoms with Gasteiger partial charge in [-0.15, -0.1) is 10.2 Å². The summed E-state index contributed by atoms with van der Waals surface area (Å²) >= 11 is 1.46. The molecule has 9 heteroatoms. The smallest absolute Gasteiger partial charge is 0.348 e. The Morgan fingerprint density at radius 3 is 2.29 bits per heavy atom. The van der Waals surface area contributed by atoms with Crippen LogP contribution >= 0.6 is 11.8 Å². The molecule has 4 fully saturated rings. The van der Waals surface area contributed by atoms with Crippen LogP contribution in [-0.4, -0.2) is 20.7 Å². The molecule has 2 aromatic rings. The van der Waals surface area contributed by atoms with Gasteiger partial charge in [-0.1, -0.05) is 37.2 Å². The minimum absolute atomic E-state index is 0.181. The molecular weight excluding hydrogens is 473 g/mol. The molecule has 0 saturated heterocycles. The first-order chi connectivity index (χ1) is 16.8. The number of unbranched alkanes of at least 4 members (excludes halogenated alkanes) is 1. The van der Waals surface area contributed by atoms with Crippen LogP contribution in [0.3, 0.4) is 0 Å². The Morgan fingerprint density at radius 1 is 1.09 bits per heavy atom. The van der Waals surface area contributed by atoms with Gasteiger partial charge in [0.05, 0.1) is 12.1 Å². The highest BCUT2D eigenvalue weighted by molar-refractivity contribution is 7.98. The van der Waals surface area contributed by atoms with Crippen LogP contribution in [0.5, 0.6) is 0 Å². The van der Waals surface area contributed by atoms with Gasteiger partial charge in [0.1, 0.15) is 0 Å². The quantitative estimate of drug-likeness (QED) is 0.410. The van der Waals surface area contributed by atoms with E-state index in [1.807, 2.05) is 0 Å². The van der Waals surface area contributed by atoms with Crippen molar-refractivity contribution >= 4 is 17.7 Å². The predicted octanol–water partition coefficient (Wildman–Crippen LogP) is 6.22. The lowest BCUT2D eigenvalue weighted by Crippen LogP contribution is -2.53. The van der Waals surface area contributed by atoms with Crippen molar-refractivity contribution in [2.45, 2.75) is 88.5 Å². The summed E-state index contributed by atoms with van der Waals surface area (Å²) in [4.78, 5) is 13.4. The molecule has 4 saturated carbocycles. The number of hydrogen-bond donors (Lipinski definition) is 1. The van der Waals surface area contributed by atoms with Crippen molar-refractivity contribution in [2.24, 2.45) is 23.2 Å². The fourth-order valence-electron chi connectivity index (χ4n) is 6.77. The molecule has 0 unspecified atom stereocenters. The summed E-state index contributed by atoms with van der Waals surface area (Å²) in [6, 6.07) is 5.25. The zero-order chi connectivity index (χ0) is 24.6. The first-order valence-electron chi connectivity index (χ1n) is 12.7. The standard InChI is InChI=1S/C26H33F3N4OS/c1-2-3-8-33-22(15-30-23(34)25-12-18-9-19(13-25)11-20(10-18)14-25)31-32-24(33)35-16-17-4-6-21(7-5-17)26(27,28)29/h4-7,18-20H,2-3,8-16H2,1H3,(H,30,34). The zero-order valence-electron chi connectivity index (χ0n) is 20.1. The van der Waals surface area contributed by atoms with Crippen molar-refractivity contribution in [1.29, 1.82) is 0 Å². The van der Waals surface area contributed by atoms with Crippen LogP contribution in [0.25, 0.3) is 0 Å². The first kappa shape index (κ1) is 24.7. The Morgan fingerprint density at radius 2 is 1.71 bits per heavy atom. The van der Waals surface area contributed by atoms with E-state index < -0.39 is 11.7 Å². The van der Waals surface area contributed by atoms with Crippen molar-refractivity contribution in [3.63, 3.8) is 0 Å². The molecule has 4 aliphatic rings. The Kier molecular flexibility index (Phi) is 6.90. The molecule has 1 aromatic heterocycles. The topological polar surface area (TPSA) is 59.8 Å². The minimum atomic E-state index is -4.33. The largest absolute Gasteiger partial charge is 0.416 e. The molecule has 6 rings (SSSR count). The maximum absolute atomic E-state index is 13.4. The van der Waals surface area contributed by atoms with E-state index in [4.69, 9.17) is 0 Å². The third kappa shape index (κ3) is 5.25. The van der Waals surface area contributed by atoms with Crippen LogP contribution in [0.2, 0.25) is 0 Å². The molecule has 1 heterocycles. The average molecular weight is 507 g/mol. The van der Waals surface area contributed by atoms with Gasteiger partial charge in [0.2, 0.25) is 5.91 Å². The normalized spacial score (nSPS) is 27.4. The molecule has 5 nitrogen and oxygen atoms in total. The second-order valence-electron chi connectivity index (χ2n) is 10.8. The van der Waals surface area contributed by atoms with Crippen LogP contribution in [-0.2, 0) is 29.8 Å². The number of rotatable bonds is 9. The summed E-state index contributed by atoms with van der Waals surface area (Å²) < 4.78 is 40.5. The maximum Gasteiger partial charge on any atom is 0.416 e. The lowest BCUT2D eigenvalue weighted by molar-refractivity contribution is -0.146. The van der Waals surface area contributed by atoms with E-state index in [0.29, 0.717) is 30.1 Å². The summed E-state index contributed by atoms with van der Waals surface area (Å²) in [6.45, 7) is 3.23. The van der Waals surface area contributed by atoms with Gasteiger partial charge in [0.15, 0.2) is 11.0 Å². The SMILES string of the molecule is CCCCn1c(CNC(=O)C23CC4CC(CC(C4)C2)C3)nnc1SCc1ccc(C(F)(F)F)cc1. The summed E-state index contributed by atoms with van der Waals surface area (Å²) in [5.74, 6) is 3.57. The van der Waals surface area contributed by atoms with Crippen molar-refractivity contribution in [2.75, 3.05) is 0 Å². The highest BCUT2D eigenvalue weighted by Gasteiger charge is 2.54. The molecule has 35 heavy (non-hydrogen) atoms. The second-order valence-corrected chi connectivity index (χ2v) is 11.7. The summed E-state index contributed by atoms with van der Waals surface area (Å²) in [5.41, 5.74) is -0.0393. The fourth-order valence-corrected chi connectivity index (χ4v) is 7.71. The van der Waals surface area contributed by atoms with Gasteiger partial charge in [0, 0.05) is 17.7 Å². The van der Waals surface area contributed by atoms with Crippen LogP contribution in [0.4, 0.5) is 13.2 Å². The van der Waals surface area contributed by atoms with E-state index in [0.717, 1.165) is 67.3 Å².